The molecule has 0 atom stereocenters. The molecule has 2 N–H and O–H groups in total. The summed E-state index contributed by atoms with van der Waals surface area (Å²) in [6, 6.07) is 12.5. The molecule has 1 heterocycles. The fourth-order valence-corrected chi connectivity index (χ4v) is 3.43. The van der Waals surface area contributed by atoms with E-state index in [1.165, 1.54) is 0 Å². The maximum Gasteiger partial charge on any atom is 0.267 e. The lowest BCUT2D eigenvalue weighted by molar-refractivity contribution is 0.102. The lowest BCUT2D eigenvalue weighted by Gasteiger charge is -2.17. The number of pyridine rings is 1. The number of fused-ring (bicyclic) bond motifs is 1. The SMILES string of the molecule is Cc1cccc(NC(=O)c2c(O)c3ccc(Br)cc3n(CC(C)C)c2=O)c1. The van der Waals surface area contributed by atoms with Crippen molar-refractivity contribution in [1.82, 2.24) is 4.57 Å². The van der Waals surface area contributed by atoms with Gasteiger partial charge >= 0.3 is 0 Å². The first kappa shape index (κ1) is 19.2. The fourth-order valence-electron chi connectivity index (χ4n) is 3.08. The number of halogens is 1. The van der Waals surface area contributed by atoms with Crippen molar-refractivity contribution in [1.29, 1.82) is 0 Å². The van der Waals surface area contributed by atoms with Gasteiger partial charge < -0.3 is 15.0 Å². The Hall–Kier alpha value is -2.60. The van der Waals surface area contributed by atoms with E-state index in [0.29, 0.717) is 23.1 Å². The summed E-state index contributed by atoms with van der Waals surface area (Å²) in [4.78, 5) is 25.9. The van der Waals surface area contributed by atoms with Gasteiger partial charge in [-0.2, -0.15) is 0 Å². The predicted molar refractivity (Wildman–Crippen MR) is 112 cm³/mol. The van der Waals surface area contributed by atoms with Gasteiger partial charge in [0.25, 0.3) is 11.5 Å². The predicted octanol–water partition coefficient (Wildman–Crippen LogP) is 4.69. The Labute approximate surface area is 165 Å². The van der Waals surface area contributed by atoms with Gasteiger partial charge in [-0.05, 0) is 48.7 Å². The first-order valence-electron chi connectivity index (χ1n) is 8.71. The second-order valence-corrected chi connectivity index (χ2v) is 7.93. The maximum absolute atomic E-state index is 13.1. The van der Waals surface area contributed by atoms with Gasteiger partial charge in [0, 0.05) is 22.1 Å². The first-order chi connectivity index (χ1) is 12.8. The molecule has 3 aromatic rings. The highest BCUT2D eigenvalue weighted by molar-refractivity contribution is 9.10. The van der Waals surface area contributed by atoms with Crippen molar-refractivity contribution >= 4 is 38.4 Å². The van der Waals surface area contributed by atoms with E-state index in [1.807, 2.05) is 32.9 Å². The molecule has 0 radical (unpaired) electrons. The van der Waals surface area contributed by atoms with Crippen molar-refractivity contribution in [3.05, 3.63) is 68.4 Å². The zero-order chi connectivity index (χ0) is 19.7. The van der Waals surface area contributed by atoms with Gasteiger partial charge in [0.05, 0.1) is 5.52 Å². The van der Waals surface area contributed by atoms with Gasteiger partial charge in [-0.1, -0.05) is 41.9 Å². The molecule has 5 nitrogen and oxygen atoms in total. The Morgan fingerprint density at radius 1 is 1.22 bits per heavy atom. The molecule has 0 spiro atoms. The smallest absolute Gasteiger partial charge is 0.267 e. The molecule has 3 rings (SSSR count). The number of rotatable bonds is 4. The number of carbonyl (C=O) groups is 1. The summed E-state index contributed by atoms with van der Waals surface area (Å²) < 4.78 is 2.35. The lowest BCUT2D eigenvalue weighted by Crippen LogP contribution is -2.31. The summed E-state index contributed by atoms with van der Waals surface area (Å²) in [7, 11) is 0. The van der Waals surface area contributed by atoms with Crippen molar-refractivity contribution in [2.75, 3.05) is 5.32 Å². The van der Waals surface area contributed by atoms with Crippen LogP contribution in [0.1, 0.15) is 29.8 Å². The summed E-state index contributed by atoms with van der Waals surface area (Å²) in [5.74, 6) is -0.722. The third-order valence-electron chi connectivity index (χ3n) is 4.25. The third kappa shape index (κ3) is 3.90. The van der Waals surface area contributed by atoms with Crippen molar-refractivity contribution in [3.63, 3.8) is 0 Å². The average Bonchev–Trinajstić information content (AvgIpc) is 2.58. The van der Waals surface area contributed by atoms with Gasteiger partial charge in [-0.25, -0.2) is 0 Å². The topological polar surface area (TPSA) is 71.3 Å². The van der Waals surface area contributed by atoms with Crippen LogP contribution < -0.4 is 10.9 Å². The molecule has 0 bridgehead atoms. The molecule has 0 aliphatic carbocycles. The number of aromatic hydroxyl groups is 1. The van der Waals surface area contributed by atoms with E-state index in [9.17, 15) is 14.7 Å². The minimum absolute atomic E-state index is 0.196. The van der Waals surface area contributed by atoms with Crippen LogP contribution in [0.5, 0.6) is 5.75 Å². The highest BCUT2D eigenvalue weighted by atomic mass is 79.9. The van der Waals surface area contributed by atoms with Crippen LogP contribution in [0.2, 0.25) is 0 Å². The summed E-state index contributed by atoms with van der Waals surface area (Å²) in [5, 5.41) is 13.9. The van der Waals surface area contributed by atoms with Crippen LogP contribution >= 0.6 is 15.9 Å². The second kappa shape index (κ2) is 7.56. The number of nitrogens with one attached hydrogen (secondary N) is 1. The van der Waals surface area contributed by atoms with Crippen LogP contribution in [0, 0.1) is 12.8 Å². The van der Waals surface area contributed by atoms with E-state index in [0.717, 1.165) is 10.0 Å². The average molecular weight is 429 g/mol. The summed E-state index contributed by atoms with van der Waals surface area (Å²) in [6.07, 6.45) is 0. The van der Waals surface area contributed by atoms with Gasteiger partial charge in [0.15, 0.2) is 0 Å². The van der Waals surface area contributed by atoms with Crippen LogP contribution in [0.3, 0.4) is 0 Å². The van der Waals surface area contributed by atoms with Gasteiger partial charge in [0.1, 0.15) is 11.3 Å². The summed E-state index contributed by atoms with van der Waals surface area (Å²) in [5.41, 5.74) is 1.40. The number of hydrogen-bond donors (Lipinski definition) is 2. The molecule has 140 valence electrons. The third-order valence-corrected chi connectivity index (χ3v) is 4.75. The molecule has 0 aliphatic rings. The van der Waals surface area contributed by atoms with Crippen LogP contribution in [0.15, 0.2) is 51.7 Å². The molecular formula is C21H21BrN2O3. The van der Waals surface area contributed by atoms with E-state index in [-0.39, 0.29) is 17.2 Å². The zero-order valence-electron chi connectivity index (χ0n) is 15.4. The number of nitrogens with zero attached hydrogens (tertiary/aromatic N) is 1. The molecule has 2 aromatic carbocycles. The van der Waals surface area contributed by atoms with E-state index in [2.05, 4.69) is 21.2 Å². The van der Waals surface area contributed by atoms with E-state index in [1.54, 1.807) is 34.9 Å². The zero-order valence-corrected chi connectivity index (χ0v) is 17.0. The molecule has 0 fully saturated rings. The summed E-state index contributed by atoms with van der Waals surface area (Å²) >= 11 is 3.40. The largest absolute Gasteiger partial charge is 0.506 e. The Kier molecular flexibility index (Phi) is 5.37. The highest BCUT2D eigenvalue weighted by Gasteiger charge is 2.23. The van der Waals surface area contributed by atoms with Crippen molar-refractivity contribution in [3.8, 4) is 5.75 Å². The maximum atomic E-state index is 13.1. The summed E-state index contributed by atoms with van der Waals surface area (Å²) in [6.45, 7) is 6.35. The van der Waals surface area contributed by atoms with Crippen LogP contribution in [-0.2, 0) is 6.54 Å². The monoisotopic (exact) mass is 428 g/mol. The molecular weight excluding hydrogens is 408 g/mol. The Balaban J connectivity index is 2.19. The molecule has 6 heteroatoms. The minimum Gasteiger partial charge on any atom is -0.506 e. The van der Waals surface area contributed by atoms with Crippen molar-refractivity contribution in [2.45, 2.75) is 27.3 Å². The highest BCUT2D eigenvalue weighted by Crippen LogP contribution is 2.29. The van der Waals surface area contributed by atoms with Crippen molar-refractivity contribution < 1.29 is 9.90 Å². The molecule has 1 aromatic heterocycles. The number of anilines is 1. The normalized spacial score (nSPS) is 11.1. The van der Waals surface area contributed by atoms with Crippen molar-refractivity contribution in [2.24, 2.45) is 5.92 Å². The molecule has 0 aliphatic heterocycles. The van der Waals surface area contributed by atoms with Crippen LogP contribution in [0.4, 0.5) is 5.69 Å². The molecule has 0 saturated heterocycles. The molecule has 27 heavy (non-hydrogen) atoms. The first-order valence-corrected chi connectivity index (χ1v) is 9.50. The van der Waals surface area contributed by atoms with E-state index in [4.69, 9.17) is 0 Å². The molecule has 0 saturated carbocycles. The quantitative estimate of drug-likeness (QED) is 0.633. The number of amides is 1. The number of aromatic nitrogens is 1. The van der Waals surface area contributed by atoms with Crippen LogP contribution in [0.25, 0.3) is 10.9 Å². The Morgan fingerprint density at radius 2 is 1.96 bits per heavy atom. The lowest BCUT2D eigenvalue weighted by atomic mass is 10.1. The standard InChI is InChI=1S/C21H21BrN2O3/c1-12(2)11-24-17-10-14(22)7-8-16(17)19(25)18(21(24)27)20(26)23-15-6-4-5-13(3)9-15/h4-10,12,25H,11H2,1-3H3,(H,23,26). The van der Waals surface area contributed by atoms with Gasteiger partial charge in [-0.15, -0.1) is 0 Å². The van der Waals surface area contributed by atoms with Gasteiger partial charge in [-0.3, -0.25) is 9.59 Å². The molecule has 0 unspecified atom stereocenters. The number of hydrogen-bond acceptors (Lipinski definition) is 3. The van der Waals surface area contributed by atoms with Gasteiger partial charge in [0.2, 0.25) is 0 Å². The van der Waals surface area contributed by atoms with E-state index >= 15 is 0 Å². The van der Waals surface area contributed by atoms with Crippen LogP contribution in [-0.4, -0.2) is 15.6 Å². The molecule has 1 amide bonds. The Morgan fingerprint density at radius 3 is 2.63 bits per heavy atom. The second-order valence-electron chi connectivity index (χ2n) is 7.02. The Bertz CT molecular complexity index is 1090. The minimum atomic E-state index is -0.620. The fraction of sp³-hybridized carbons (Fsp3) is 0.238. The number of carbonyl (C=O) groups excluding carboxylic acids is 1. The van der Waals surface area contributed by atoms with E-state index < -0.39 is 11.5 Å². The number of aryl methyl sites for hydroxylation is 1. The number of benzene rings is 2.